The zero-order chi connectivity index (χ0) is 11.4. The van der Waals surface area contributed by atoms with E-state index in [-0.39, 0.29) is 11.5 Å². The lowest BCUT2D eigenvalue weighted by Crippen LogP contribution is -2.13. The molecule has 1 atom stereocenters. The molecule has 0 radical (unpaired) electrons. The Bertz CT molecular complexity index is 482. The molecule has 0 saturated heterocycles. The Morgan fingerprint density at radius 3 is 2.81 bits per heavy atom. The zero-order valence-electron chi connectivity index (χ0n) is 9.18. The SMILES string of the molecule is CCC(Cc1ccoc1)c1cccoc1=O. The van der Waals surface area contributed by atoms with Crippen LogP contribution in [0.5, 0.6) is 0 Å². The maximum absolute atomic E-state index is 11.6. The third-order valence-corrected chi connectivity index (χ3v) is 2.76. The van der Waals surface area contributed by atoms with Gasteiger partial charge in [0.1, 0.15) is 0 Å². The molecule has 2 aromatic heterocycles. The molecule has 0 amide bonds. The van der Waals surface area contributed by atoms with Crippen LogP contribution >= 0.6 is 0 Å². The molecule has 3 nitrogen and oxygen atoms in total. The van der Waals surface area contributed by atoms with E-state index < -0.39 is 0 Å². The first-order valence-electron chi connectivity index (χ1n) is 5.40. The van der Waals surface area contributed by atoms with Gasteiger partial charge in [-0.25, -0.2) is 4.79 Å². The Morgan fingerprint density at radius 2 is 2.19 bits per heavy atom. The Hall–Kier alpha value is -1.77. The molecule has 0 fully saturated rings. The summed E-state index contributed by atoms with van der Waals surface area (Å²) in [6.07, 6.45) is 6.49. The van der Waals surface area contributed by atoms with Gasteiger partial charge in [0.25, 0.3) is 0 Å². The van der Waals surface area contributed by atoms with Crippen LogP contribution in [0.4, 0.5) is 0 Å². The molecule has 16 heavy (non-hydrogen) atoms. The lowest BCUT2D eigenvalue weighted by molar-refractivity contribution is 0.486. The predicted molar refractivity (Wildman–Crippen MR) is 60.4 cm³/mol. The lowest BCUT2D eigenvalue weighted by atomic mass is 9.92. The summed E-state index contributed by atoms with van der Waals surface area (Å²) in [5, 5.41) is 0. The molecule has 3 heteroatoms. The minimum absolute atomic E-state index is 0.190. The van der Waals surface area contributed by atoms with Crippen molar-refractivity contribution in [3.8, 4) is 0 Å². The van der Waals surface area contributed by atoms with E-state index in [1.165, 1.54) is 6.26 Å². The van der Waals surface area contributed by atoms with Crippen LogP contribution in [0.2, 0.25) is 0 Å². The van der Waals surface area contributed by atoms with Gasteiger partial charge in [0.15, 0.2) is 0 Å². The standard InChI is InChI=1S/C13H14O3/c1-2-11(8-10-5-7-15-9-10)12-4-3-6-16-13(12)14/h3-7,9,11H,2,8H2,1H3. The fourth-order valence-electron chi connectivity index (χ4n) is 1.85. The smallest absolute Gasteiger partial charge is 0.339 e. The number of hydrogen-bond donors (Lipinski definition) is 0. The van der Waals surface area contributed by atoms with E-state index in [9.17, 15) is 4.79 Å². The van der Waals surface area contributed by atoms with E-state index in [1.54, 1.807) is 18.6 Å². The van der Waals surface area contributed by atoms with Crippen molar-refractivity contribution in [3.05, 3.63) is 58.5 Å². The summed E-state index contributed by atoms with van der Waals surface area (Å²) < 4.78 is 9.91. The highest BCUT2D eigenvalue weighted by molar-refractivity contribution is 5.18. The number of hydrogen-bond acceptors (Lipinski definition) is 3. The first-order valence-corrected chi connectivity index (χ1v) is 5.40. The highest BCUT2D eigenvalue weighted by Gasteiger charge is 2.14. The van der Waals surface area contributed by atoms with Crippen molar-refractivity contribution in [3.63, 3.8) is 0 Å². The van der Waals surface area contributed by atoms with Crippen LogP contribution in [-0.4, -0.2) is 0 Å². The third-order valence-electron chi connectivity index (χ3n) is 2.76. The number of rotatable bonds is 4. The minimum atomic E-state index is -0.238. The maximum atomic E-state index is 11.6. The summed E-state index contributed by atoms with van der Waals surface area (Å²) in [5.41, 5.74) is 1.61. The lowest BCUT2D eigenvalue weighted by Gasteiger charge is -2.11. The van der Waals surface area contributed by atoms with Crippen molar-refractivity contribution in [2.24, 2.45) is 0 Å². The molecule has 2 aromatic rings. The first kappa shape index (κ1) is 10.7. The largest absolute Gasteiger partial charge is 0.472 e. The van der Waals surface area contributed by atoms with Crippen molar-refractivity contribution >= 4 is 0 Å². The quantitative estimate of drug-likeness (QED) is 0.792. The highest BCUT2D eigenvalue weighted by atomic mass is 16.4. The molecule has 1 unspecified atom stereocenters. The van der Waals surface area contributed by atoms with Gasteiger partial charge in [-0.2, -0.15) is 0 Å². The van der Waals surface area contributed by atoms with Crippen LogP contribution in [0.3, 0.4) is 0 Å². The molecule has 0 aliphatic rings. The van der Waals surface area contributed by atoms with Gasteiger partial charge in [-0.3, -0.25) is 0 Å². The highest BCUT2D eigenvalue weighted by Crippen LogP contribution is 2.21. The molecule has 2 rings (SSSR count). The van der Waals surface area contributed by atoms with Gasteiger partial charge in [-0.15, -0.1) is 0 Å². The van der Waals surface area contributed by atoms with Gasteiger partial charge in [0.05, 0.1) is 18.8 Å². The van der Waals surface area contributed by atoms with Gasteiger partial charge in [-0.05, 0) is 42.5 Å². The second-order valence-electron chi connectivity index (χ2n) is 3.80. The van der Waals surface area contributed by atoms with Crippen LogP contribution < -0.4 is 5.63 Å². The summed E-state index contributed by atoms with van der Waals surface area (Å²) in [7, 11) is 0. The topological polar surface area (TPSA) is 43.4 Å². The van der Waals surface area contributed by atoms with Gasteiger partial charge in [0.2, 0.25) is 0 Å². The molecule has 0 aliphatic carbocycles. The molecule has 0 aliphatic heterocycles. The van der Waals surface area contributed by atoms with E-state index >= 15 is 0 Å². The molecular formula is C13H14O3. The monoisotopic (exact) mass is 218 g/mol. The van der Waals surface area contributed by atoms with Crippen LogP contribution in [0.1, 0.15) is 30.4 Å². The summed E-state index contributed by atoms with van der Waals surface area (Å²) in [6.45, 7) is 2.07. The molecule has 0 aromatic carbocycles. The fraction of sp³-hybridized carbons (Fsp3) is 0.308. The number of furan rings is 1. The average molecular weight is 218 g/mol. The van der Waals surface area contributed by atoms with Crippen molar-refractivity contribution in [2.45, 2.75) is 25.7 Å². The van der Waals surface area contributed by atoms with Crippen molar-refractivity contribution in [1.82, 2.24) is 0 Å². The second kappa shape index (κ2) is 4.84. The maximum Gasteiger partial charge on any atom is 0.339 e. The summed E-state index contributed by atoms with van der Waals surface area (Å²) >= 11 is 0. The van der Waals surface area contributed by atoms with Gasteiger partial charge < -0.3 is 8.83 Å². The van der Waals surface area contributed by atoms with E-state index in [2.05, 4.69) is 6.92 Å². The minimum Gasteiger partial charge on any atom is -0.472 e. The fourth-order valence-corrected chi connectivity index (χ4v) is 1.85. The Labute approximate surface area is 93.7 Å². The van der Waals surface area contributed by atoms with Crippen LogP contribution in [0, 0.1) is 0 Å². The third kappa shape index (κ3) is 2.24. The molecule has 0 spiro atoms. The molecule has 0 N–H and O–H groups in total. The Morgan fingerprint density at radius 1 is 1.31 bits per heavy atom. The van der Waals surface area contributed by atoms with E-state index in [0.717, 1.165) is 24.0 Å². The molecular weight excluding hydrogens is 204 g/mol. The molecule has 2 heterocycles. The van der Waals surface area contributed by atoms with Crippen LogP contribution in [0.15, 0.2) is 50.6 Å². The Balaban J connectivity index is 2.23. The second-order valence-corrected chi connectivity index (χ2v) is 3.80. The first-order chi connectivity index (χ1) is 7.81. The normalized spacial score (nSPS) is 12.6. The van der Waals surface area contributed by atoms with Crippen LogP contribution in [0.25, 0.3) is 0 Å². The van der Waals surface area contributed by atoms with Crippen molar-refractivity contribution in [1.29, 1.82) is 0 Å². The zero-order valence-corrected chi connectivity index (χ0v) is 9.18. The Kier molecular flexibility index (Phi) is 3.25. The van der Waals surface area contributed by atoms with Crippen LogP contribution in [-0.2, 0) is 6.42 Å². The van der Waals surface area contributed by atoms with E-state index in [1.807, 2.05) is 12.1 Å². The predicted octanol–water partition coefficient (Wildman–Crippen LogP) is 2.97. The summed E-state index contributed by atoms with van der Waals surface area (Å²) in [4.78, 5) is 11.6. The summed E-state index contributed by atoms with van der Waals surface area (Å²) in [6, 6.07) is 5.52. The molecule has 0 bridgehead atoms. The van der Waals surface area contributed by atoms with E-state index in [0.29, 0.717) is 0 Å². The molecule has 84 valence electrons. The van der Waals surface area contributed by atoms with Crippen molar-refractivity contribution < 1.29 is 8.83 Å². The molecule has 0 saturated carbocycles. The van der Waals surface area contributed by atoms with Gasteiger partial charge >= 0.3 is 5.63 Å². The van der Waals surface area contributed by atoms with Gasteiger partial charge in [0, 0.05) is 5.56 Å². The summed E-state index contributed by atoms with van der Waals surface area (Å²) in [5.74, 6) is 0.190. The van der Waals surface area contributed by atoms with Crippen molar-refractivity contribution in [2.75, 3.05) is 0 Å². The van der Waals surface area contributed by atoms with Gasteiger partial charge in [-0.1, -0.05) is 6.92 Å². The van der Waals surface area contributed by atoms with E-state index in [4.69, 9.17) is 8.83 Å². The average Bonchev–Trinajstić information content (AvgIpc) is 2.80.